The highest BCUT2D eigenvalue weighted by Crippen LogP contribution is 2.28. The summed E-state index contributed by atoms with van der Waals surface area (Å²) in [7, 11) is 1.41. The van der Waals surface area contributed by atoms with Gasteiger partial charge in [-0.3, -0.25) is 10.1 Å². The van der Waals surface area contributed by atoms with Crippen LogP contribution in [0.15, 0.2) is 41.8 Å². The van der Waals surface area contributed by atoms with Gasteiger partial charge in [0.25, 0.3) is 5.91 Å². The Morgan fingerprint density at radius 1 is 1.19 bits per heavy atom. The molecule has 0 fully saturated rings. The number of carbonyl (C=O) groups excluding carboxylic acids is 1. The summed E-state index contributed by atoms with van der Waals surface area (Å²) in [6.45, 7) is 3.82. The fourth-order valence-electron chi connectivity index (χ4n) is 2.55. The lowest BCUT2D eigenvalue weighted by Gasteiger charge is -2.09. The van der Waals surface area contributed by atoms with Gasteiger partial charge in [-0.15, -0.1) is 11.3 Å². The van der Waals surface area contributed by atoms with Crippen molar-refractivity contribution in [2.75, 3.05) is 19.0 Å². The standard InChI is InChI=1S/C20H19FN2O3S/c1-12-4-6-17(13(2)8-12)26-10-19(24)23-20-22-16(11-27-20)14-5-7-18(25-3)15(21)9-14/h4-9,11H,10H2,1-3H3,(H,22,23,24). The predicted octanol–water partition coefficient (Wildman–Crippen LogP) is 4.59. The maximum absolute atomic E-state index is 13.8. The summed E-state index contributed by atoms with van der Waals surface area (Å²) in [6, 6.07) is 10.4. The van der Waals surface area contributed by atoms with E-state index in [4.69, 9.17) is 9.47 Å². The van der Waals surface area contributed by atoms with E-state index in [0.717, 1.165) is 11.1 Å². The molecule has 0 unspecified atom stereocenters. The fraction of sp³-hybridized carbons (Fsp3) is 0.200. The Kier molecular flexibility index (Phi) is 5.71. The lowest BCUT2D eigenvalue weighted by Crippen LogP contribution is -2.20. The summed E-state index contributed by atoms with van der Waals surface area (Å²) >= 11 is 1.26. The Bertz CT molecular complexity index is 972. The third kappa shape index (κ3) is 4.62. The third-order valence-corrected chi connectivity index (χ3v) is 4.65. The van der Waals surface area contributed by atoms with Gasteiger partial charge in [0.05, 0.1) is 12.8 Å². The minimum Gasteiger partial charge on any atom is -0.494 e. The molecule has 1 N–H and O–H groups in total. The monoisotopic (exact) mass is 386 g/mol. The summed E-state index contributed by atoms with van der Waals surface area (Å²) in [6.07, 6.45) is 0. The Labute approximate surface area is 160 Å². The number of rotatable bonds is 6. The lowest BCUT2D eigenvalue weighted by atomic mass is 10.1. The lowest BCUT2D eigenvalue weighted by molar-refractivity contribution is -0.118. The van der Waals surface area contributed by atoms with E-state index in [1.54, 1.807) is 17.5 Å². The number of methoxy groups -OCH3 is 1. The highest BCUT2D eigenvalue weighted by Gasteiger charge is 2.11. The molecule has 0 aliphatic heterocycles. The smallest absolute Gasteiger partial charge is 0.264 e. The van der Waals surface area contributed by atoms with Crippen molar-refractivity contribution in [2.24, 2.45) is 0 Å². The minimum atomic E-state index is -0.463. The van der Waals surface area contributed by atoms with Crippen LogP contribution >= 0.6 is 11.3 Å². The molecule has 1 amide bonds. The molecule has 0 aliphatic carbocycles. The van der Waals surface area contributed by atoms with Gasteiger partial charge in [0.15, 0.2) is 23.3 Å². The van der Waals surface area contributed by atoms with Crippen molar-refractivity contribution < 1.29 is 18.7 Å². The number of nitrogens with zero attached hydrogens (tertiary/aromatic N) is 1. The molecule has 0 spiro atoms. The molecule has 3 rings (SSSR count). The number of anilines is 1. The number of thiazole rings is 1. The summed E-state index contributed by atoms with van der Waals surface area (Å²) in [5, 5.41) is 4.87. The molecule has 1 aromatic heterocycles. The van der Waals surface area contributed by atoms with Crippen LogP contribution in [0, 0.1) is 19.7 Å². The van der Waals surface area contributed by atoms with E-state index in [1.807, 2.05) is 32.0 Å². The van der Waals surface area contributed by atoms with Crippen LogP contribution in [0.4, 0.5) is 9.52 Å². The normalized spacial score (nSPS) is 10.5. The van der Waals surface area contributed by atoms with Crippen molar-refractivity contribution in [1.82, 2.24) is 4.98 Å². The first-order valence-corrected chi connectivity index (χ1v) is 9.13. The molecule has 0 atom stereocenters. The SMILES string of the molecule is COc1ccc(-c2csc(NC(=O)COc3ccc(C)cc3C)n2)cc1F. The van der Waals surface area contributed by atoms with E-state index < -0.39 is 5.82 Å². The molecule has 27 heavy (non-hydrogen) atoms. The molecule has 2 aromatic carbocycles. The number of carbonyl (C=O) groups is 1. The molecule has 3 aromatic rings. The van der Waals surface area contributed by atoms with E-state index in [-0.39, 0.29) is 18.3 Å². The Balaban J connectivity index is 1.61. The summed E-state index contributed by atoms with van der Waals surface area (Å²) in [4.78, 5) is 16.4. The van der Waals surface area contributed by atoms with Crippen LogP contribution in [0.3, 0.4) is 0 Å². The summed E-state index contributed by atoms with van der Waals surface area (Å²) in [5.41, 5.74) is 3.29. The molecule has 1 heterocycles. The van der Waals surface area contributed by atoms with Crippen LogP contribution in [0.25, 0.3) is 11.3 Å². The highest BCUT2D eigenvalue weighted by atomic mass is 32.1. The maximum atomic E-state index is 13.8. The molecule has 0 aliphatic rings. The first-order chi connectivity index (χ1) is 13.0. The zero-order chi connectivity index (χ0) is 19.4. The second kappa shape index (κ2) is 8.18. The van der Waals surface area contributed by atoms with Crippen molar-refractivity contribution in [3.8, 4) is 22.8 Å². The Morgan fingerprint density at radius 3 is 2.67 bits per heavy atom. The topological polar surface area (TPSA) is 60.5 Å². The van der Waals surface area contributed by atoms with E-state index in [1.165, 1.54) is 24.5 Å². The summed E-state index contributed by atoms with van der Waals surface area (Å²) < 4.78 is 24.3. The third-order valence-electron chi connectivity index (χ3n) is 3.89. The quantitative estimate of drug-likeness (QED) is 0.673. The van der Waals surface area contributed by atoms with Crippen molar-refractivity contribution in [3.63, 3.8) is 0 Å². The largest absolute Gasteiger partial charge is 0.494 e. The van der Waals surface area contributed by atoms with Gasteiger partial charge in [-0.2, -0.15) is 0 Å². The van der Waals surface area contributed by atoms with E-state index in [2.05, 4.69) is 10.3 Å². The number of benzene rings is 2. The van der Waals surface area contributed by atoms with Gasteiger partial charge in [-0.1, -0.05) is 17.7 Å². The second-order valence-corrected chi connectivity index (χ2v) is 6.85. The number of ether oxygens (including phenoxy) is 2. The van der Waals surface area contributed by atoms with Gasteiger partial charge >= 0.3 is 0 Å². The van der Waals surface area contributed by atoms with Crippen molar-refractivity contribution in [2.45, 2.75) is 13.8 Å². The van der Waals surface area contributed by atoms with Crippen LogP contribution in [0.5, 0.6) is 11.5 Å². The van der Waals surface area contributed by atoms with E-state index in [9.17, 15) is 9.18 Å². The predicted molar refractivity (Wildman–Crippen MR) is 104 cm³/mol. The molecule has 0 saturated carbocycles. The molecular formula is C20H19FN2O3S. The number of hydrogen-bond acceptors (Lipinski definition) is 5. The number of nitrogens with one attached hydrogen (secondary N) is 1. The Morgan fingerprint density at radius 2 is 1.96 bits per heavy atom. The first-order valence-electron chi connectivity index (χ1n) is 8.25. The van der Waals surface area contributed by atoms with Crippen LogP contribution in [-0.4, -0.2) is 24.6 Å². The molecule has 0 saturated heterocycles. The molecule has 7 heteroatoms. The molecular weight excluding hydrogens is 367 g/mol. The number of hydrogen-bond donors (Lipinski definition) is 1. The zero-order valence-electron chi connectivity index (χ0n) is 15.2. The average molecular weight is 386 g/mol. The Hall–Kier alpha value is -2.93. The first kappa shape index (κ1) is 18.8. The summed E-state index contributed by atoms with van der Waals surface area (Å²) in [5.74, 6) is 0.0718. The van der Waals surface area contributed by atoms with Gasteiger partial charge in [0, 0.05) is 10.9 Å². The number of aromatic nitrogens is 1. The van der Waals surface area contributed by atoms with Crippen LogP contribution < -0.4 is 14.8 Å². The average Bonchev–Trinajstić information content (AvgIpc) is 3.09. The number of aryl methyl sites for hydroxylation is 2. The highest BCUT2D eigenvalue weighted by molar-refractivity contribution is 7.14. The van der Waals surface area contributed by atoms with Gasteiger partial charge in [0.2, 0.25) is 0 Å². The number of amides is 1. The van der Waals surface area contributed by atoms with Crippen molar-refractivity contribution in [1.29, 1.82) is 0 Å². The van der Waals surface area contributed by atoms with Gasteiger partial charge in [-0.25, -0.2) is 9.37 Å². The van der Waals surface area contributed by atoms with Crippen LogP contribution in [0.1, 0.15) is 11.1 Å². The zero-order valence-corrected chi connectivity index (χ0v) is 16.0. The van der Waals surface area contributed by atoms with Crippen LogP contribution in [0.2, 0.25) is 0 Å². The minimum absolute atomic E-state index is 0.115. The maximum Gasteiger partial charge on any atom is 0.264 e. The van der Waals surface area contributed by atoms with Crippen molar-refractivity contribution >= 4 is 22.4 Å². The number of halogens is 1. The van der Waals surface area contributed by atoms with E-state index >= 15 is 0 Å². The molecule has 0 bridgehead atoms. The second-order valence-electron chi connectivity index (χ2n) is 5.99. The van der Waals surface area contributed by atoms with Crippen LogP contribution in [-0.2, 0) is 4.79 Å². The van der Waals surface area contributed by atoms with Crippen molar-refractivity contribution in [3.05, 3.63) is 58.7 Å². The van der Waals surface area contributed by atoms with Gasteiger partial charge < -0.3 is 9.47 Å². The van der Waals surface area contributed by atoms with E-state index in [0.29, 0.717) is 22.1 Å². The molecule has 140 valence electrons. The molecule has 0 radical (unpaired) electrons. The fourth-order valence-corrected chi connectivity index (χ4v) is 3.29. The van der Waals surface area contributed by atoms with Gasteiger partial charge in [0.1, 0.15) is 5.75 Å². The van der Waals surface area contributed by atoms with Gasteiger partial charge in [-0.05, 0) is 43.7 Å². The molecule has 5 nitrogen and oxygen atoms in total.